The summed E-state index contributed by atoms with van der Waals surface area (Å²) in [5.41, 5.74) is 0.543. The highest BCUT2D eigenvalue weighted by Gasteiger charge is 2.29. The number of hydrogen-bond donors (Lipinski definition) is 0. The Morgan fingerprint density at radius 3 is 2.72 bits per heavy atom. The monoisotopic (exact) mass is 343 g/mol. The second kappa shape index (κ2) is 7.00. The third-order valence-electron chi connectivity index (χ3n) is 4.63. The number of piperidine rings is 1. The van der Waals surface area contributed by atoms with Crippen molar-refractivity contribution in [1.29, 1.82) is 0 Å². The van der Waals surface area contributed by atoms with E-state index in [9.17, 15) is 14.9 Å². The van der Waals surface area contributed by atoms with Crippen LogP contribution in [0.15, 0.2) is 30.6 Å². The van der Waals surface area contributed by atoms with Crippen molar-refractivity contribution in [1.82, 2.24) is 19.7 Å². The molecule has 2 unspecified atom stereocenters. The maximum Gasteiger partial charge on any atom is 0.270 e. The summed E-state index contributed by atoms with van der Waals surface area (Å²) in [7, 11) is 0. The summed E-state index contributed by atoms with van der Waals surface area (Å²) in [5.74, 6) is 0.395. The van der Waals surface area contributed by atoms with Crippen LogP contribution in [0, 0.1) is 10.1 Å². The van der Waals surface area contributed by atoms with Gasteiger partial charge in [0.25, 0.3) is 5.69 Å². The molecule has 0 N–H and O–H groups in total. The fourth-order valence-corrected chi connectivity index (χ4v) is 3.39. The second-order valence-electron chi connectivity index (χ2n) is 6.50. The minimum atomic E-state index is -0.455. The minimum Gasteiger partial charge on any atom is -0.336 e. The quantitative estimate of drug-likeness (QED) is 0.628. The van der Waals surface area contributed by atoms with Crippen molar-refractivity contribution < 1.29 is 9.72 Å². The van der Waals surface area contributed by atoms with E-state index in [4.69, 9.17) is 0 Å². The number of non-ortho nitro benzene ring substituents is 1. The summed E-state index contributed by atoms with van der Waals surface area (Å²) in [5, 5.41) is 15.2. The number of nitro groups is 1. The SMILES string of the molecule is CC1CCCC(C)N1C(=O)Cn1cnc(-c2cccc([N+](=O)[O-])c2)n1. The van der Waals surface area contributed by atoms with E-state index in [1.165, 1.54) is 23.1 Å². The molecule has 1 aromatic heterocycles. The van der Waals surface area contributed by atoms with Crippen molar-refractivity contribution in [3.05, 3.63) is 40.7 Å². The van der Waals surface area contributed by atoms with Gasteiger partial charge >= 0.3 is 0 Å². The number of aromatic nitrogens is 3. The summed E-state index contributed by atoms with van der Waals surface area (Å²) < 4.78 is 1.49. The summed E-state index contributed by atoms with van der Waals surface area (Å²) in [6.07, 6.45) is 4.68. The van der Waals surface area contributed by atoms with Crippen molar-refractivity contribution in [3.8, 4) is 11.4 Å². The molecule has 25 heavy (non-hydrogen) atoms. The molecule has 2 aromatic rings. The molecule has 2 heterocycles. The summed E-state index contributed by atoms with van der Waals surface area (Å²) in [6, 6.07) is 6.62. The Morgan fingerprint density at radius 2 is 2.04 bits per heavy atom. The standard InChI is InChI=1S/C17H21N5O3/c1-12-5-3-6-13(2)21(12)16(23)10-20-11-18-17(19-20)14-7-4-8-15(9-14)22(24)25/h4,7-9,11-13H,3,5-6,10H2,1-2H3. The van der Waals surface area contributed by atoms with Crippen molar-refractivity contribution in [3.63, 3.8) is 0 Å². The predicted octanol–water partition coefficient (Wildman–Crippen LogP) is 2.64. The molecule has 1 aliphatic rings. The fraction of sp³-hybridized carbons (Fsp3) is 0.471. The molecule has 1 saturated heterocycles. The predicted molar refractivity (Wildman–Crippen MR) is 91.7 cm³/mol. The first-order valence-electron chi connectivity index (χ1n) is 8.41. The van der Waals surface area contributed by atoms with Crippen LogP contribution >= 0.6 is 0 Å². The molecule has 8 heteroatoms. The first kappa shape index (κ1) is 17.1. The van der Waals surface area contributed by atoms with Crippen LogP contribution in [0.1, 0.15) is 33.1 Å². The number of nitro benzene ring substituents is 1. The number of carbonyl (C=O) groups excluding carboxylic acids is 1. The number of hydrogen-bond acceptors (Lipinski definition) is 5. The number of rotatable bonds is 4. The van der Waals surface area contributed by atoms with E-state index in [-0.39, 0.29) is 30.2 Å². The molecule has 1 fully saturated rings. The van der Waals surface area contributed by atoms with Gasteiger partial charge in [0.15, 0.2) is 5.82 Å². The molecular formula is C17H21N5O3. The van der Waals surface area contributed by atoms with Crippen LogP contribution in [-0.4, -0.2) is 42.6 Å². The van der Waals surface area contributed by atoms with Crippen molar-refractivity contribution in [2.24, 2.45) is 0 Å². The number of nitrogens with zero attached hydrogens (tertiary/aromatic N) is 5. The van der Waals surface area contributed by atoms with E-state index >= 15 is 0 Å². The highest BCUT2D eigenvalue weighted by molar-refractivity contribution is 5.76. The van der Waals surface area contributed by atoms with E-state index in [1.54, 1.807) is 12.1 Å². The van der Waals surface area contributed by atoms with E-state index < -0.39 is 4.92 Å². The fourth-order valence-electron chi connectivity index (χ4n) is 3.39. The number of benzene rings is 1. The van der Waals surface area contributed by atoms with Crippen molar-refractivity contribution in [2.75, 3.05) is 0 Å². The zero-order chi connectivity index (χ0) is 18.0. The highest BCUT2D eigenvalue weighted by atomic mass is 16.6. The Morgan fingerprint density at radius 1 is 1.32 bits per heavy atom. The van der Waals surface area contributed by atoms with Gasteiger partial charge in [-0.15, -0.1) is 0 Å². The van der Waals surface area contributed by atoms with Gasteiger partial charge in [0.1, 0.15) is 12.9 Å². The Hall–Kier alpha value is -2.77. The molecule has 8 nitrogen and oxygen atoms in total. The van der Waals surface area contributed by atoms with Crippen LogP contribution < -0.4 is 0 Å². The molecular weight excluding hydrogens is 322 g/mol. The van der Waals surface area contributed by atoms with Crippen LogP contribution in [0.4, 0.5) is 5.69 Å². The first-order valence-corrected chi connectivity index (χ1v) is 8.41. The van der Waals surface area contributed by atoms with Gasteiger partial charge in [-0.05, 0) is 33.1 Å². The van der Waals surface area contributed by atoms with Crippen molar-refractivity contribution in [2.45, 2.75) is 51.7 Å². The molecule has 0 bridgehead atoms. The largest absolute Gasteiger partial charge is 0.336 e. The zero-order valence-electron chi connectivity index (χ0n) is 14.3. The molecule has 0 aliphatic carbocycles. The molecule has 1 aromatic carbocycles. The molecule has 3 rings (SSSR count). The van der Waals surface area contributed by atoms with Gasteiger partial charge in [0.05, 0.1) is 4.92 Å². The Bertz CT molecular complexity index is 778. The number of likely N-dealkylation sites (tertiary alicyclic amines) is 1. The van der Waals surface area contributed by atoms with E-state index in [0.717, 1.165) is 19.3 Å². The van der Waals surface area contributed by atoms with Gasteiger partial charge in [0, 0.05) is 29.8 Å². The van der Waals surface area contributed by atoms with E-state index in [2.05, 4.69) is 23.9 Å². The Kier molecular flexibility index (Phi) is 4.78. The van der Waals surface area contributed by atoms with E-state index in [0.29, 0.717) is 11.4 Å². The molecule has 2 atom stereocenters. The third kappa shape index (κ3) is 3.67. The van der Waals surface area contributed by atoms with Crippen LogP contribution in [0.25, 0.3) is 11.4 Å². The van der Waals surface area contributed by atoms with Crippen LogP contribution in [-0.2, 0) is 11.3 Å². The van der Waals surface area contributed by atoms with Gasteiger partial charge in [-0.2, -0.15) is 5.10 Å². The van der Waals surface area contributed by atoms with Gasteiger partial charge in [-0.1, -0.05) is 12.1 Å². The van der Waals surface area contributed by atoms with Crippen LogP contribution in [0.2, 0.25) is 0 Å². The second-order valence-corrected chi connectivity index (χ2v) is 6.50. The summed E-state index contributed by atoms with van der Waals surface area (Å²) in [4.78, 5) is 29.2. The molecule has 0 radical (unpaired) electrons. The van der Waals surface area contributed by atoms with Gasteiger partial charge < -0.3 is 4.90 Å². The summed E-state index contributed by atoms with van der Waals surface area (Å²) in [6.45, 7) is 4.27. The summed E-state index contributed by atoms with van der Waals surface area (Å²) >= 11 is 0. The maximum absolute atomic E-state index is 12.6. The topological polar surface area (TPSA) is 94.2 Å². The molecule has 1 amide bonds. The van der Waals surface area contributed by atoms with Crippen molar-refractivity contribution >= 4 is 11.6 Å². The molecule has 0 saturated carbocycles. The van der Waals surface area contributed by atoms with Gasteiger partial charge in [0.2, 0.25) is 5.91 Å². The minimum absolute atomic E-state index is 0.0131. The third-order valence-corrected chi connectivity index (χ3v) is 4.63. The lowest BCUT2D eigenvalue weighted by Crippen LogP contribution is -2.48. The average Bonchev–Trinajstić information content (AvgIpc) is 3.03. The van der Waals surface area contributed by atoms with Gasteiger partial charge in [-0.25, -0.2) is 9.67 Å². The maximum atomic E-state index is 12.6. The van der Waals surface area contributed by atoms with E-state index in [1.807, 2.05) is 4.90 Å². The first-order chi connectivity index (χ1) is 12.0. The average molecular weight is 343 g/mol. The van der Waals surface area contributed by atoms with Gasteiger partial charge in [-0.3, -0.25) is 14.9 Å². The Balaban J connectivity index is 1.74. The molecule has 1 aliphatic heterocycles. The molecule has 132 valence electrons. The lowest BCUT2D eigenvalue weighted by molar-refractivity contribution is -0.384. The lowest BCUT2D eigenvalue weighted by atomic mass is 9.97. The number of amides is 1. The number of carbonyl (C=O) groups is 1. The van der Waals surface area contributed by atoms with Crippen LogP contribution in [0.5, 0.6) is 0 Å². The van der Waals surface area contributed by atoms with Crippen LogP contribution in [0.3, 0.4) is 0 Å². The Labute approximate surface area is 145 Å². The highest BCUT2D eigenvalue weighted by Crippen LogP contribution is 2.23. The molecule has 0 spiro atoms. The normalized spacial score (nSPS) is 20.5. The smallest absolute Gasteiger partial charge is 0.270 e. The lowest BCUT2D eigenvalue weighted by Gasteiger charge is -2.39. The zero-order valence-corrected chi connectivity index (χ0v) is 14.3.